The fourth-order valence-corrected chi connectivity index (χ4v) is 3.16. The van der Waals surface area contributed by atoms with Gasteiger partial charge in [0, 0.05) is 56.0 Å². The second-order valence-corrected chi connectivity index (χ2v) is 7.01. The van der Waals surface area contributed by atoms with Crippen LogP contribution >= 0.6 is 0 Å². The minimum atomic E-state index is -0.320. The Hall–Kier alpha value is -3.67. The molecule has 6 heteroatoms. The number of amides is 3. The van der Waals surface area contributed by atoms with Crippen LogP contribution in [-0.4, -0.2) is 71.7 Å². The Kier molecular flexibility index (Phi) is 11.2. The van der Waals surface area contributed by atoms with Crippen LogP contribution in [0.25, 0.3) is 0 Å². The van der Waals surface area contributed by atoms with E-state index in [2.05, 4.69) is 32.9 Å². The van der Waals surface area contributed by atoms with Gasteiger partial charge in [-0.2, -0.15) is 0 Å². The van der Waals surface area contributed by atoms with E-state index in [0.29, 0.717) is 39.3 Å². The predicted molar refractivity (Wildman–Crippen MR) is 131 cm³/mol. The van der Waals surface area contributed by atoms with Crippen LogP contribution in [0, 0.1) is 0 Å². The van der Waals surface area contributed by atoms with E-state index < -0.39 is 0 Å². The molecule has 0 N–H and O–H groups in total. The van der Waals surface area contributed by atoms with Crippen LogP contribution < -0.4 is 0 Å². The summed E-state index contributed by atoms with van der Waals surface area (Å²) in [7, 11) is 0. The topological polar surface area (TPSA) is 60.9 Å². The summed E-state index contributed by atoms with van der Waals surface area (Å²) in [6.07, 6.45) is 8.08. The summed E-state index contributed by atoms with van der Waals surface area (Å²) in [5, 5.41) is 0. The van der Waals surface area contributed by atoms with Crippen molar-refractivity contribution in [2.45, 2.75) is 6.92 Å². The molecule has 0 spiro atoms. The summed E-state index contributed by atoms with van der Waals surface area (Å²) in [6.45, 7) is 22.4. The summed E-state index contributed by atoms with van der Waals surface area (Å²) in [6, 6.07) is 4.57. The third-order valence-electron chi connectivity index (χ3n) is 4.66. The van der Waals surface area contributed by atoms with Crippen LogP contribution in [0.4, 0.5) is 0 Å². The Bertz CT molecular complexity index is 814. The quantitative estimate of drug-likeness (QED) is 0.416. The molecule has 0 aliphatic carbocycles. The first kappa shape index (κ1) is 26.4. The highest BCUT2D eigenvalue weighted by Crippen LogP contribution is 2.17. The molecular formula is C26H33N3O3. The van der Waals surface area contributed by atoms with E-state index in [4.69, 9.17) is 0 Å². The third kappa shape index (κ3) is 6.94. The molecule has 0 radical (unpaired) electrons. The number of carbonyl (C=O) groups is 3. The summed E-state index contributed by atoms with van der Waals surface area (Å²) in [5.41, 5.74) is 0.752. The maximum Gasteiger partial charge on any atom is 0.254 e. The molecule has 0 saturated carbocycles. The highest BCUT2D eigenvalue weighted by Gasteiger charge is 2.23. The van der Waals surface area contributed by atoms with Gasteiger partial charge >= 0.3 is 0 Å². The molecule has 0 heterocycles. The number of carbonyl (C=O) groups excluding carboxylic acids is 3. The lowest BCUT2D eigenvalue weighted by Gasteiger charge is -2.24. The molecule has 32 heavy (non-hydrogen) atoms. The van der Waals surface area contributed by atoms with E-state index in [9.17, 15) is 14.4 Å². The smallest absolute Gasteiger partial charge is 0.254 e. The number of rotatable bonds is 14. The molecule has 6 nitrogen and oxygen atoms in total. The highest BCUT2D eigenvalue weighted by molar-refractivity contribution is 6.04. The fourth-order valence-electron chi connectivity index (χ4n) is 3.16. The normalized spacial score (nSPS) is 9.91. The zero-order valence-corrected chi connectivity index (χ0v) is 19.0. The van der Waals surface area contributed by atoms with E-state index >= 15 is 0 Å². The maximum absolute atomic E-state index is 13.2. The lowest BCUT2D eigenvalue weighted by molar-refractivity contribution is 0.0781. The van der Waals surface area contributed by atoms with E-state index in [-0.39, 0.29) is 34.4 Å². The molecule has 0 bridgehead atoms. The maximum atomic E-state index is 13.2. The van der Waals surface area contributed by atoms with Gasteiger partial charge in [0.05, 0.1) is 0 Å². The monoisotopic (exact) mass is 435 g/mol. The average Bonchev–Trinajstić information content (AvgIpc) is 2.80. The molecule has 0 saturated heterocycles. The van der Waals surface area contributed by atoms with Crippen molar-refractivity contribution in [3.8, 4) is 0 Å². The molecule has 1 aromatic carbocycles. The lowest BCUT2D eigenvalue weighted by Crippen LogP contribution is -2.35. The molecule has 3 amide bonds. The number of benzene rings is 1. The minimum absolute atomic E-state index is 0.245. The Morgan fingerprint density at radius 2 is 0.844 bits per heavy atom. The Morgan fingerprint density at radius 3 is 1.09 bits per heavy atom. The SMILES string of the molecule is C=CCN(CC)C(=O)c1cc(C(=O)N(CC=C)CC=C)cc(C(=O)N(CC=C)CC=C)c1. The van der Waals surface area contributed by atoms with Gasteiger partial charge in [-0.3, -0.25) is 14.4 Å². The fraction of sp³-hybridized carbons (Fsp3) is 0.269. The highest BCUT2D eigenvalue weighted by atomic mass is 16.2. The van der Waals surface area contributed by atoms with Crippen molar-refractivity contribution in [3.63, 3.8) is 0 Å². The van der Waals surface area contributed by atoms with Gasteiger partial charge in [0.15, 0.2) is 0 Å². The first-order chi connectivity index (χ1) is 15.4. The van der Waals surface area contributed by atoms with E-state index in [1.807, 2.05) is 6.92 Å². The van der Waals surface area contributed by atoms with Gasteiger partial charge in [0.2, 0.25) is 0 Å². The molecule has 1 rings (SSSR count). The minimum Gasteiger partial charge on any atom is -0.335 e. The van der Waals surface area contributed by atoms with Crippen molar-refractivity contribution >= 4 is 17.7 Å². The molecule has 1 aromatic rings. The number of nitrogens with zero attached hydrogens (tertiary/aromatic N) is 3. The number of hydrogen-bond acceptors (Lipinski definition) is 3. The largest absolute Gasteiger partial charge is 0.335 e. The Morgan fingerprint density at radius 1 is 0.594 bits per heavy atom. The van der Waals surface area contributed by atoms with Crippen molar-refractivity contribution in [2.75, 3.05) is 39.3 Å². The molecular weight excluding hydrogens is 402 g/mol. The van der Waals surface area contributed by atoms with E-state index in [0.717, 1.165) is 0 Å². The molecule has 0 aliphatic rings. The van der Waals surface area contributed by atoms with Gasteiger partial charge in [0.1, 0.15) is 0 Å². The lowest BCUT2D eigenvalue weighted by atomic mass is 10.0. The van der Waals surface area contributed by atoms with Gasteiger partial charge in [-0.1, -0.05) is 30.4 Å². The van der Waals surface area contributed by atoms with Gasteiger partial charge in [0.25, 0.3) is 17.7 Å². The van der Waals surface area contributed by atoms with Crippen LogP contribution in [-0.2, 0) is 0 Å². The van der Waals surface area contributed by atoms with Crippen molar-refractivity contribution < 1.29 is 14.4 Å². The van der Waals surface area contributed by atoms with E-state index in [1.54, 1.807) is 35.3 Å². The standard InChI is InChI=1S/C26H33N3O3/c1-7-13-27(12-6)24(30)21-18-22(25(31)28(14-8-2)15-9-3)20-23(19-21)26(32)29(16-10-4)17-11-5/h7-11,18-20H,1-5,12-17H2,6H3. The van der Waals surface area contributed by atoms with Gasteiger partial charge in [-0.15, -0.1) is 32.9 Å². The van der Waals surface area contributed by atoms with Crippen molar-refractivity contribution in [1.82, 2.24) is 14.7 Å². The number of likely N-dealkylation sites (N-methyl/N-ethyl adjacent to an activating group) is 1. The van der Waals surface area contributed by atoms with Crippen LogP contribution in [0.2, 0.25) is 0 Å². The predicted octanol–water partition coefficient (Wildman–Crippen LogP) is 3.96. The van der Waals surface area contributed by atoms with Crippen molar-refractivity contribution in [3.05, 3.63) is 98.2 Å². The zero-order chi connectivity index (χ0) is 24.1. The molecule has 0 aliphatic heterocycles. The summed E-state index contributed by atoms with van der Waals surface area (Å²) in [5.74, 6) is -0.924. The van der Waals surface area contributed by atoms with Crippen molar-refractivity contribution in [1.29, 1.82) is 0 Å². The zero-order valence-electron chi connectivity index (χ0n) is 19.0. The van der Waals surface area contributed by atoms with Gasteiger partial charge in [-0.05, 0) is 25.1 Å². The Balaban J connectivity index is 3.59. The molecule has 0 atom stereocenters. The van der Waals surface area contributed by atoms with Gasteiger partial charge in [-0.25, -0.2) is 0 Å². The van der Waals surface area contributed by atoms with Crippen LogP contribution in [0.15, 0.2) is 81.5 Å². The van der Waals surface area contributed by atoms with Crippen LogP contribution in [0.1, 0.15) is 38.0 Å². The Labute approximate surface area is 191 Å². The van der Waals surface area contributed by atoms with Gasteiger partial charge < -0.3 is 14.7 Å². The summed E-state index contributed by atoms with van der Waals surface area (Å²) < 4.78 is 0. The second-order valence-electron chi connectivity index (χ2n) is 7.01. The van der Waals surface area contributed by atoms with Crippen LogP contribution in [0.3, 0.4) is 0 Å². The average molecular weight is 436 g/mol. The first-order valence-corrected chi connectivity index (χ1v) is 10.5. The van der Waals surface area contributed by atoms with Crippen LogP contribution in [0.5, 0.6) is 0 Å². The second kappa shape index (κ2) is 13.6. The number of hydrogen-bond donors (Lipinski definition) is 0. The first-order valence-electron chi connectivity index (χ1n) is 10.5. The molecule has 170 valence electrons. The summed E-state index contributed by atoms with van der Waals surface area (Å²) >= 11 is 0. The summed E-state index contributed by atoms with van der Waals surface area (Å²) in [4.78, 5) is 44.2. The van der Waals surface area contributed by atoms with E-state index in [1.165, 1.54) is 28.0 Å². The molecule has 0 fully saturated rings. The third-order valence-corrected chi connectivity index (χ3v) is 4.66. The van der Waals surface area contributed by atoms with Crippen molar-refractivity contribution in [2.24, 2.45) is 0 Å². The molecule has 0 aromatic heterocycles. The molecule has 0 unspecified atom stereocenters.